The SMILES string of the molecule is CNC(=O)Nc1ccc(-c2nc(CN(C)C)cc(N3C4CCC3COC4)n2)cc1. The van der Waals surface area contributed by atoms with Crippen molar-refractivity contribution in [1.29, 1.82) is 0 Å². The van der Waals surface area contributed by atoms with Gasteiger partial charge in [0.15, 0.2) is 5.82 Å². The molecule has 2 aliphatic rings. The summed E-state index contributed by atoms with van der Waals surface area (Å²) in [7, 11) is 5.67. The highest BCUT2D eigenvalue weighted by Crippen LogP contribution is 2.34. The monoisotopic (exact) mass is 396 g/mol. The van der Waals surface area contributed by atoms with Gasteiger partial charge in [-0.1, -0.05) is 0 Å². The molecule has 29 heavy (non-hydrogen) atoms. The fourth-order valence-electron chi connectivity index (χ4n) is 4.05. The molecule has 0 spiro atoms. The molecular formula is C21H28N6O2. The number of carbonyl (C=O) groups excluding carboxylic acids is 1. The van der Waals surface area contributed by atoms with Gasteiger partial charge in [-0.3, -0.25) is 0 Å². The first-order valence-corrected chi connectivity index (χ1v) is 10.0. The first kappa shape index (κ1) is 19.6. The van der Waals surface area contributed by atoms with Crippen molar-refractivity contribution in [2.45, 2.75) is 31.5 Å². The number of amides is 2. The maximum Gasteiger partial charge on any atom is 0.318 e. The molecule has 1 aromatic heterocycles. The van der Waals surface area contributed by atoms with Crippen LogP contribution in [0, 0.1) is 0 Å². The smallest absolute Gasteiger partial charge is 0.318 e. The molecule has 0 saturated carbocycles. The summed E-state index contributed by atoms with van der Waals surface area (Å²) >= 11 is 0. The van der Waals surface area contributed by atoms with E-state index in [4.69, 9.17) is 14.7 Å². The minimum atomic E-state index is -0.243. The van der Waals surface area contributed by atoms with E-state index >= 15 is 0 Å². The van der Waals surface area contributed by atoms with E-state index in [1.807, 2.05) is 38.4 Å². The Labute approximate surface area is 171 Å². The zero-order chi connectivity index (χ0) is 20.4. The molecule has 2 saturated heterocycles. The molecule has 1 aromatic carbocycles. The van der Waals surface area contributed by atoms with Crippen LogP contribution >= 0.6 is 0 Å². The van der Waals surface area contributed by atoms with Crippen molar-refractivity contribution in [3.8, 4) is 11.4 Å². The second kappa shape index (κ2) is 8.34. The molecule has 2 N–H and O–H groups in total. The first-order valence-electron chi connectivity index (χ1n) is 10.0. The summed E-state index contributed by atoms with van der Waals surface area (Å²) in [5.41, 5.74) is 2.65. The molecule has 2 atom stereocenters. The fourth-order valence-corrected chi connectivity index (χ4v) is 4.05. The highest BCUT2D eigenvalue weighted by molar-refractivity contribution is 5.89. The summed E-state index contributed by atoms with van der Waals surface area (Å²) in [6, 6.07) is 10.3. The van der Waals surface area contributed by atoms with Gasteiger partial charge >= 0.3 is 6.03 Å². The number of nitrogens with one attached hydrogen (secondary N) is 2. The van der Waals surface area contributed by atoms with E-state index < -0.39 is 0 Å². The van der Waals surface area contributed by atoms with Crippen LogP contribution in [0.3, 0.4) is 0 Å². The molecule has 2 aromatic rings. The highest BCUT2D eigenvalue weighted by atomic mass is 16.5. The van der Waals surface area contributed by atoms with Crippen LogP contribution in [-0.4, -0.2) is 67.3 Å². The number of carbonyl (C=O) groups is 1. The molecule has 3 heterocycles. The van der Waals surface area contributed by atoms with Gasteiger partial charge in [-0.25, -0.2) is 14.8 Å². The maximum atomic E-state index is 11.5. The number of fused-ring (bicyclic) bond motifs is 2. The molecule has 8 nitrogen and oxygen atoms in total. The molecule has 154 valence electrons. The van der Waals surface area contributed by atoms with Crippen LogP contribution in [-0.2, 0) is 11.3 Å². The molecular weight excluding hydrogens is 368 g/mol. The zero-order valence-corrected chi connectivity index (χ0v) is 17.2. The van der Waals surface area contributed by atoms with Gasteiger partial charge in [0, 0.05) is 30.9 Å². The summed E-state index contributed by atoms with van der Waals surface area (Å²) in [5, 5.41) is 5.32. The third-order valence-corrected chi connectivity index (χ3v) is 5.38. The predicted octanol–water partition coefficient (Wildman–Crippen LogP) is 2.32. The molecule has 2 amide bonds. The van der Waals surface area contributed by atoms with Gasteiger partial charge in [0.25, 0.3) is 0 Å². The van der Waals surface area contributed by atoms with Gasteiger partial charge in [0.2, 0.25) is 0 Å². The lowest BCUT2D eigenvalue weighted by Gasteiger charge is -2.36. The summed E-state index contributed by atoms with van der Waals surface area (Å²) in [4.78, 5) is 25.8. The molecule has 2 fully saturated rings. The second-order valence-corrected chi connectivity index (χ2v) is 7.89. The van der Waals surface area contributed by atoms with Crippen LogP contribution in [0.4, 0.5) is 16.3 Å². The van der Waals surface area contributed by atoms with Crippen LogP contribution in [0.5, 0.6) is 0 Å². The van der Waals surface area contributed by atoms with Gasteiger partial charge < -0.3 is 25.2 Å². The van der Waals surface area contributed by atoms with Crippen molar-refractivity contribution < 1.29 is 9.53 Å². The average molecular weight is 396 g/mol. The molecule has 0 aliphatic carbocycles. The van der Waals surface area contributed by atoms with E-state index in [1.165, 1.54) is 0 Å². The van der Waals surface area contributed by atoms with E-state index in [-0.39, 0.29) is 6.03 Å². The molecule has 0 radical (unpaired) electrons. The second-order valence-electron chi connectivity index (χ2n) is 7.89. The van der Waals surface area contributed by atoms with Gasteiger partial charge in [-0.2, -0.15) is 0 Å². The number of aromatic nitrogens is 2. The molecule has 8 heteroatoms. The third-order valence-electron chi connectivity index (χ3n) is 5.38. The quantitative estimate of drug-likeness (QED) is 0.807. The van der Waals surface area contributed by atoms with Crippen molar-refractivity contribution in [3.05, 3.63) is 36.0 Å². The lowest BCUT2D eigenvalue weighted by Crippen LogP contribution is -2.46. The van der Waals surface area contributed by atoms with E-state index in [2.05, 4.69) is 26.5 Å². The van der Waals surface area contributed by atoms with E-state index in [9.17, 15) is 4.79 Å². The topological polar surface area (TPSA) is 82.6 Å². The summed E-state index contributed by atoms with van der Waals surface area (Å²) in [6.07, 6.45) is 2.29. The number of morpholine rings is 1. The van der Waals surface area contributed by atoms with Crippen molar-refractivity contribution in [3.63, 3.8) is 0 Å². The predicted molar refractivity (Wildman–Crippen MR) is 113 cm³/mol. The lowest BCUT2D eigenvalue weighted by molar-refractivity contribution is 0.0902. The Kier molecular flexibility index (Phi) is 5.64. The Morgan fingerprint density at radius 2 is 1.86 bits per heavy atom. The Morgan fingerprint density at radius 3 is 2.48 bits per heavy atom. The summed E-state index contributed by atoms with van der Waals surface area (Å²) < 4.78 is 5.74. The largest absolute Gasteiger partial charge is 0.377 e. The number of urea groups is 1. The molecule has 4 rings (SSSR count). The summed E-state index contributed by atoms with van der Waals surface area (Å²) in [6.45, 7) is 2.27. The van der Waals surface area contributed by atoms with E-state index in [0.717, 1.165) is 55.4 Å². The zero-order valence-electron chi connectivity index (χ0n) is 17.2. The first-order chi connectivity index (χ1) is 14.0. The van der Waals surface area contributed by atoms with Crippen LogP contribution < -0.4 is 15.5 Å². The van der Waals surface area contributed by atoms with Crippen molar-refractivity contribution in [2.24, 2.45) is 0 Å². The van der Waals surface area contributed by atoms with Gasteiger partial charge in [0.05, 0.1) is 31.0 Å². The highest BCUT2D eigenvalue weighted by Gasteiger charge is 2.38. The number of benzene rings is 1. The average Bonchev–Trinajstić information content (AvgIpc) is 2.96. The number of rotatable bonds is 5. The fraction of sp³-hybridized carbons (Fsp3) is 0.476. The number of ether oxygens (including phenoxy) is 1. The van der Waals surface area contributed by atoms with Crippen LogP contribution in [0.1, 0.15) is 18.5 Å². The van der Waals surface area contributed by atoms with Crippen molar-refractivity contribution in [1.82, 2.24) is 20.2 Å². The van der Waals surface area contributed by atoms with E-state index in [1.54, 1.807) is 7.05 Å². The Morgan fingerprint density at radius 1 is 1.17 bits per heavy atom. The maximum absolute atomic E-state index is 11.5. The number of hydrogen-bond acceptors (Lipinski definition) is 6. The minimum absolute atomic E-state index is 0.243. The molecule has 2 bridgehead atoms. The normalized spacial score (nSPS) is 20.8. The van der Waals surface area contributed by atoms with Crippen molar-refractivity contribution in [2.75, 3.05) is 44.6 Å². The summed E-state index contributed by atoms with van der Waals surface area (Å²) in [5.74, 6) is 1.69. The number of nitrogens with zero attached hydrogens (tertiary/aromatic N) is 4. The van der Waals surface area contributed by atoms with Gasteiger partial charge in [-0.15, -0.1) is 0 Å². The standard InChI is InChI=1S/C21H28N6O2/c1-22-21(28)24-15-6-4-14(5-7-15)20-23-16(11-26(2)3)10-19(25-20)27-17-8-9-18(27)13-29-12-17/h4-7,10,17-18H,8-9,11-13H2,1-3H3,(H2,22,24,28). The Balaban J connectivity index is 1.66. The minimum Gasteiger partial charge on any atom is -0.377 e. The van der Waals surface area contributed by atoms with Crippen LogP contribution in [0.25, 0.3) is 11.4 Å². The van der Waals surface area contributed by atoms with Gasteiger partial charge in [0.1, 0.15) is 5.82 Å². The number of anilines is 2. The Hall–Kier alpha value is -2.71. The number of hydrogen-bond donors (Lipinski definition) is 2. The van der Waals surface area contributed by atoms with Crippen LogP contribution in [0.2, 0.25) is 0 Å². The van der Waals surface area contributed by atoms with E-state index in [0.29, 0.717) is 17.9 Å². The third kappa shape index (κ3) is 4.33. The lowest BCUT2D eigenvalue weighted by atomic mass is 10.1. The van der Waals surface area contributed by atoms with Crippen LogP contribution in [0.15, 0.2) is 30.3 Å². The molecule has 2 aliphatic heterocycles. The Bertz CT molecular complexity index is 854. The van der Waals surface area contributed by atoms with Crippen molar-refractivity contribution >= 4 is 17.5 Å². The van der Waals surface area contributed by atoms with Gasteiger partial charge in [-0.05, 0) is 51.2 Å². The molecule has 2 unspecified atom stereocenters.